The molecule has 2 aromatic heterocycles. The van der Waals surface area contributed by atoms with Crippen LogP contribution in [0, 0.1) is 20.8 Å². The third-order valence-electron chi connectivity index (χ3n) is 7.15. The Morgan fingerprint density at radius 3 is 2.56 bits per heavy atom. The van der Waals surface area contributed by atoms with Crippen molar-refractivity contribution in [2.45, 2.75) is 46.0 Å². The quantitative estimate of drug-likeness (QED) is 0.0829. The van der Waals surface area contributed by atoms with Crippen LogP contribution in [0.25, 0.3) is 28.2 Å². The zero-order chi connectivity index (χ0) is 29.7. The molecule has 0 aliphatic rings. The Morgan fingerprint density at radius 2 is 1.90 bits per heavy atom. The predicted molar refractivity (Wildman–Crippen MR) is 160 cm³/mol. The standard InChI is InChI=1S/C32H32ClN3O5/c1-5-6-8-23(13-14-34-18-37)31-29(30(35-41-31)27-19(2)15-24(33)16-20(27)3)32(40)36-17-21(4)28-22(11-12-26(38)39)9-7-10-25(28)36/h5,7,9-12,15-18,23H,1,6,8,13-14H2,2-4H3,(H,34,37)(H,38,39)/b12-11+. The lowest BCUT2D eigenvalue weighted by molar-refractivity contribution is -0.131. The number of aryl methyl sites for hydroxylation is 3. The van der Waals surface area contributed by atoms with Crippen molar-refractivity contribution >= 4 is 46.9 Å². The average molecular weight is 574 g/mol. The first-order chi connectivity index (χ1) is 19.7. The molecule has 1 unspecified atom stereocenters. The van der Waals surface area contributed by atoms with Crippen molar-refractivity contribution in [2.75, 3.05) is 6.54 Å². The second kappa shape index (κ2) is 12.8. The van der Waals surface area contributed by atoms with E-state index in [9.17, 15) is 14.4 Å². The Bertz CT molecular complexity index is 1640. The van der Waals surface area contributed by atoms with Crippen LogP contribution in [-0.4, -0.2) is 39.7 Å². The van der Waals surface area contributed by atoms with Crippen molar-refractivity contribution in [3.05, 3.63) is 93.9 Å². The lowest BCUT2D eigenvalue weighted by atomic mass is 9.90. The third kappa shape index (κ3) is 6.18. The van der Waals surface area contributed by atoms with E-state index in [-0.39, 0.29) is 11.8 Å². The molecule has 8 nitrogen and oxygen atoms in total. The number of hydrogen-bond donors (Lipinski definition) is 2. The molecule has 0 bridgehead atoms. The van der Waals surface area contributed by atoms with Crippen LogP contribution >= 0.6 is 11.6 Å². The van der Waals surface area contributed by atoms with Gasteiger partial charge in [-0.15, -0.1) is 6.58 Å². The van der Waals surface area contributed by atoms with E-state index in [1.54, 1.807) is 22.9 Å². The van der Waals surface area contributed by atoms with Gasteiger partial charge in [0.1, 0.15) is 11.3 Å². The number of fused-ring (bicyclic) bond motifs is 1. The molecule has 2 aromatic carbocycles. The molecular formula is C32H32ClN3O5. The van der Waals surface area contributed by atoms with Crippen molar-refractivity contribution in [2.24, 2.45) is 0 Å². The number of carboxylic acid groups (broad SMARTS) is 1. The monoisotopic (exact) mass is 573 g/mol. The predicted octanol–water partition coefficient (Wildman–Crippen LogP) is 6.85. The molecule has 1 atom stereocenters. The van der Waals surface area contributed by atoms with Crippen molar-refractivity contribution in [3.63, 3.8) is 0 Å². The number of halogens is 1. The summed E-state index contributed by atoms with van der Waals surface area (Å²) in [4.78, 5) is 36.7. The molecule has 0 fully saturated rings. The van der Waals surface area contributed by atoms with Gasteiger partial charge in [0.25, 0.3) is 5.91 Å². The first kappa shape index (κ1) is 29.6. The van der Waals surface area contributed by atoms with Gasteiger partial charge in [0, 0.05) is 40.7 Å². The molecule has 41 heavy (non-hydrogen) atoms. The lowest BCUT2D eigenvalue weighted by Gasteiger charge is -2.16. The average Bonchev–Trinajstić information content (AvgIpc) is 3.50. The minimum atomic E-state index is -1.06. The number of allylic oxidation sites excluding steroid dienone is 1. The number of carbonyl (C=O) groups excluding carboxylic acids is 2. The van der Waals surface area contributed by atoms with Crippen LogP contribution in [-0.2, 0) is 9.59 Å². The molecule has 9 heteroatoms. The topological polar surface area (TPSA) is 114 Å². The molecule has 0 saturated heterocycles. The van der Waals surface area contributed by atoms with Crippen molar-refractivity contribution in [1.82, 2.24) is 15.0 Å². The van der Waals surface area contributed by atoms with Gasteiger partial charge >= 0.3 is 5.97 Å². The number of amides is 1. The number of rotatable bonds is 12. The largest absolute Gasteiger partial charge is 0.478 e. The molecule has 0 radical (unpaired) electrons. The number of carbonyl (C=O) groups is 3. The molecule has 2 N–H and O–H groups in total. The van der Waals surface area contributed by atoms with Crippen molar-refractivity contribution in [1.29, 1.82) is 0 Å². The second-order valence-corrected chi connectivity index (χ2v) is 10.4. The van der Waals surface area contributed by atoms with E-state index in [0.717, 1.165) is 33.7 Å². The summed E-state index contributed by atoms with van der Waals surface area (Å²) >= 11 is 6.32. The minimum absolute atomic E-state index is 0.217. The van der Waals surface area contributed by atoms with E-state index in [1.165, 1.54) is 6.08 Å². The first-order valence-electron chi connectivity index (χ1n) is 13.3. The molecule has 0 aliphatic carbocycles. The third-order valence-corrected chi connectivity index (χ3v) is 7.37. The zero-order valence-electron chi connectivity index (χ0n) is 23.2. The summed E-state index contributed by atoms with van der Waals surface area (Å²) in [5.74, 6) is -1.16. The second-order valence-electron chi connectivity index (χ2n) is 10.0. The molecule has 2 heterocycles. The highest BCUT2D eigenvalue weighted by molar-refractivity contribution is 6.30. The molecule has 212 valence electrons. The van der Waals surface area contributed by atoms with Crippen LogP contribution in [0.15, 0.2) is 59.8 Å². The summed E-state index contributed by atoms with van der Waals surface area (Å²) in [6, 6.07) is 9.07. The molecular weight excluding hydrogens is 542 g/mol. The molecule has 4 rings (SSSR count). The fourth-order valence-corrected chi connectivity index (χ4v) is 5.72. The highest BCUT2D eigenvalue weighted by atomic mass is 35.5. The van der Waals surface area contributed by atoms with Crippen LogP contribution < -0.4 is 5.32 Å². The van der Waals surface area contributed by atoms with Crippen LogP contribution in [0.3, 0.4) is 0 Å². The highest BCUT2D eigenvalue weighted by Crippen LogP contribution is 2.39. The van der Waals surface area contributed by atoms with Crippen LogP contribution in [0.5, 0.6) is 0 Å². The van der Waals surface area contributed by atoms with E-state index in [2.05, 4.69) is 17.1 Å². The van der Waals surface area contributed by atoms with Gasteiger partial charge < -0.3 is 14.9 Å². The highest BCUT2D eigenvalue weighted by Gasteiger charge is 2.32. The normalized spacial score (nSPS) is 12.1. The lowest BCUT2D eigenvalue weighted by Crippen LogP contribution is -2.18. The number of aromatic nitrogens is 2. The summed E-state index contributed by atoms with van der Waals surface area (Å²) < 4.78 is 7.55. The number of benzene rings is 2. The Balaban J connectivity index is 1.96. The van der Waals surface area contributed by atoms with Crippen molar-refractivity contribution < 1.29 is 24.0 Å². The molecule has 0 spiro atoms. The van der Waals surface area contributed by atoms with E-state index in [4.69, 9.17) is 21.2 Å². The Kier molecular flexibility index (Phi) is 9.24. The summed E-state index contributed by atoms with van der Waals surface area (Å²) in [5, 5.41) is 17.7. The maximum atomic E-state index is 14.6. The first-order valence-corrected chi connectivity index (χ1v) is 13.7. The van der Waals surface area contributed by atoms with E-state index < -0.39 is 5.97 Å². The molecule has 1 amide bonds. The van der Waals surface area contributed by atoms with Crippen LogP contribution in [0.4, 0.5) is 0 Å². The van der Waals surface area contributed by atoms with Gasteiger partial charge in [0.05, 0.1) is 5.52 Å². The van der Waals surface area contributed by atoms with Gasteiger partial charge in [-0.2, -0.15) is 0 Å². The molecule has 0 saturated carbocycles. The summed E-state index contributed by atoms with van der Waals surface area (Å²) in [6.45, 7) is 9.95. The van der Waals surface area contributed by atoms with Gasteiger partial charge in [0.2, 0.25) is 6.41 Å². The van der Waals surface area contributed by atoms with Crippen LogP contribution in [0.2, 0.25) is 5.02 Å². The van der Waals surface area contributed by atoms with Gasteiger partial charge in [0.15, 0.2) is 5.76 Å². The minimum Gasteiger partial charge on any atom is -0.478 e. The van der Waals surface area contributed by atoms with Crippen LogP contribution in [0.1, 0.15) is 63.6 Å². The maximum absolute atomic E-state index is 14.6. The summed E-state index contributed by atoms with van der Waals surface area (Å²) in [5.41, 5.74) is 5.36. The Hall–Kier alpha value is -4.43. The van der Waals surface area contributed by atoms with Gasteiger partial charge in [-0.25, -0.2) is 4.79 Å². The molecule has 0 aliphatic heterocycles. The van der Waals surface area contributed by atoms with E-state index in [1.807, 2.05) is 45.0 Å². The van der Waals surface area contributed by atoms with Gasteiger partial charge in [-0.3, -0.25) is 14.2 Å². The number of nitrogens with zero attached hydrogens (tertiary/aromatic N) is 2. The van der Waals surface area contributed by atoms with Crippen molar-refractivity contribution in [3.8, 4) is 11.3 Å². The smallest absolute Gasteiger partial charge is 0.328 e. The van der Waals surface area contributed by atoms with E-state index >= 15 is 0 Å². The fraction of sp³-hybridized carbons (Fsp3) is 0.250. The number of carboxylic acids is 1. The Labute approximate surface area is 243 Å². The fourth-order valence-electron chi connectivity index (χ4n) is 5.39. The molecule has 4 aromatic rings. The van der Waals surface area contributed by atoms with Gasteiger partial charge in [-0.1, -0.05) is 35.0 Å². The van der Waals surface area contributed by atoms with E-state index in [0.29, 0.717) is 65.3 Å². The number of hydrogen-bond acceptors (Lipinski definition) is 5. The number of aliphatic carboxylic acids is 1. The summed E-state index contributed by atoms with van der Waals surface area (Å²) in [6.07, 6.45) is 8.67. The Morgan fingerprint density at radius 1 is 1.17 bits per heavy atom. The summed E-state index contributed by atoms with van der Waals surface area (Å²) in [7, 11) is 0. The zero-order valence-corrected chi connectivity index (χ0v) is 24.0. The number of nitrogens with one attached hydrogen (secondary N) is 1. The SMILES string of the molecule is C=CCCC(CCNC=O)c1onc(-c2c(C)cc(Cl)cc2C)c1C(=O)n1cc(C)c2c(/C=C/C(=O)O)cccc21. The van der Waals surface area contributed by atoms with Gasteiger partial charge in [-0.05, 0) is 86.6 Å². The maximum Gasteiger partial charge on any atom is 0.328 e.